The van der Waals surface area contributed by atoms with Crippen molar-refractivity contribution >= 4 is 28.5 Å². The lowest BCUT2D eigenvalue weighted by atomic mass is 10.2. The number of carbonyl (C=O) groups is 1. The number of carbonyl (C=O) groups excluding carboxylic acids is 1. The Morgan fingerprint density at radius 2 is 1.62 bits per heavy atom. The molecule has 0 saturated carbocycles. The zero-order chi connectivity index (χ0) is 28.6. The van der Waals surface area contributed by atoms with E-state index in [-0.39, 0.29) is 28.1 Å². The molecule has 1 saturated heterocycles. The maximum absolute atomic E-state index is 12.9. The van der Waals surface area contributed by atoms with Gasteiger partial charge in [0.05, 0.1) is 12.7 Å². The summed E-state index contributed by atoms with van der Waals surface area (Å²) >= 11 is 0. The molecule has 11 heteroatoms. The van der Waals surface area contributed by atoms with Crippen LogP contribution in [0.4, 0.5) is 10.6 Å². The molecule has 0 radical (unpaired) electrons. The number of amides is 1. The van der Waals surface area contributed by atoms with Crippen LogP contribution in [0.2, 0.25) is 36.3 Å². The lowest BCUT2D eigenvalue weighted by molar-refractivity contribution is -0.0411. The minimum absolute atomic E-state index is 0.0310. The number of hydrogen-bond acceptors (Lipinski definition) is 7. The summed E-state index contributed by atoms with van der Waals surface area (Å²) in [6, 6.07) is 1.57. The average Bonchev–Trinajstić information content (AvgIpc) is 3.04. The van der Waals surface area contributed by atoms with E-state index < -0.39 is 40.2 Å². The molecule has 2 rings (SSSR count). The van der Waals surface area contributed by atoms with E-state index in [0.717, 1.165) is 0 Å². The molecule has 212 valence electrons. The number of aromatic nitrogens is 2. The summed E-state index contributed by atoms with van der Waals surface area (Å²) in [7, 11) is -4.11. The summed E-state index contributed by atoms with van der Waals surface area (Å²) in [4.78, 5) is 29.0. The van der Waals surface area contributed by atoms with Crippen molar-refractivity contribution < 1.29 is 23.1 Å². The highest BCUT2D eigenvalue weighted by Crippen LogP contribution is 2.42. The van der Waals surface area contributed by atoms with Gasteiger partial charge in [-0.2, -0.15) is 4.98 Å². The van der Waals surface area contributed by atoms with Crippen molar-refractivity contribution in [1.29, 1.82) is 0 Å². The molecule has 3 atom stereocenters. The van der Waals surface area contributed by atoms with Gasteiger partial charge < -0.3 is 18.3 Å². The summed E-state index contributed by atoms with van der Waals surface area (Å²) in [5.74, 6) is 0.125. The molecule has 1 fully saturated rings. The van der Waals surface area contributed by atoms with Crippen molar-refractivity contribution in [2.45, 2.75) is 129 Å². The van der Waals surface area contributed by atoms with Crippen LogP contribution in [0.25, 0.3) is 0 Å². The average molecular weight is 556 g/mol. The topological polar surface area (TPSA) is 101 Å². The molecule has 37 heavy (non-hydrogen) atoms. The van der Waals surface area contributed by atoms with Crippen LogP contribution in [0.1, 0.15) is 75.0 Å². The minimum atomic E-state index is -2.10. The van der Waals surface area contributed by atoms with Gasteiger partial charge in [0.25, 0.3) is 0 Å². The number of hydrogen-bond donors (Lipinski definition) is 1. The van der Waals surface area contributed by atoms with Gasteiger partial charge in [0.15, 0.2) is 16.6 Å². The summed E-state index contributed by atoms with van der Waals surface area (Å²) in [5.41, 5.74) is -1.17. The summed E-state index contributed by atoms with van der Waals surface area (Å²) < 4.78 is 26.4. The van der Waals surface area contributed by atoms with Crippen LogP contribution in [-0.2, 0) is 18.3 Å². The summed E-state index contributed by atoms with van der Waals surface area (Å²) in [5, 5.41) is 2.61. The standard InChI is InChI=1S/C26H49N3O6Si2/c1-24(2,3)34-23(31)28-20-14-15-29(22(30)27-20)21-16-18(35-37(12,13)26(7,8)9)19(33-21)17-32-36(10,11)25(4,5)6/h14-15,18-19,21H,16-17H2,1-13H3,(H,27,28,30,31)/t18?,19-,21-/m1/s1. The van der Waals surface area contributed by atoms with Gasteiger partial charge in [-0.3, -0.25) is 9.88 Å². The first-order chi connectivity index (χ1) is 16.5. The summed E-state index contributed by atoms with van der Waals surface area (Å²) in [6.45, 7) is 27.8. The molecule has 0 aliphatic carbocycles. The van der Waals surface area contributed by atoms with Crippen LogP contribution < -0.4 is 11.0 Å². The Morgan fingerprint density at radius 1 is 1.05 bits per heavy atom. The third-order valence-electron chi connectivity index (χ3n) is 7.62. The molecule has 0 aromatic carbocycles. The smallest absolute Gasteiger partial charge is 0.413 e. The zero-order valence-electron chi connectivity index (χ0n) is 25.1. The van der Waals surface area contributed by atoms with Crippen molar-refractivity contribution in [3.8, 4) is 0 Å². The Bertz CT molecular complexity index is 1010. The maximum Gasteiger partial charge on any atom is 0.413 e. The van der Waals surface area contributed by atoms with Crippen LogP contribution in [-0.4, -0.2) is 56.7 Å². The molecule has 1 aromatic rings. The number of nitrogens with zero attached hydrogens (tertiary/aromatic N) is 2. The lowest BCUT2D eigenvalue weighted by Gasteiger charge is -2.40. The number of anilines is 1. The highest BCUT2D eigenvalue weighted by atomic mass is 28.4. The molecule has 2 heterocycles. The first kappa shape index (κ1) is 31.7. The first-order valence-electron chi connectivity index (χ1n) is 13.1. The Balaban J connectivity index is 2.25. The van der Waals surface area contributed by atoms with Crippen LogP contribution >= 0.6 is 0 Å². The number of ether oxygens (including phenoxy) is 2. The lowest BCUT2D eigenvalue weighted by Crippen LogP contribution is -2.48. The fourth-order valence-corrected chi connectivity index (χ4v) is 5.69. The number of nitrogens with one attached hydrogen (secondary N) is 1. The van der Waals surface area contributed by atoms with Crippen molar-refractivity contribution in [3.63, 3.8) is 0 Å². The van der Waals surface area contributed by atoms with Crippen LogP contribution in [0.15, 0.2) is 17.1 Å². The van der Waals surface area contributed by atoms with Gasteiger partial charge >= 0.3 is 11.8 Å². The van der Waals surface area contributed by atoms with E-state index in [0.29, 0.717) is 13.0 Å². The normalized spacial score (nSPS) is 21.7. The van der Waals surface area contributed by atoms with Gasteiger partial charge in [0.1, 0.15) is 23.8 Å². The van der Waals surface area contributed by atoms with Gasteiger partial charge in [0, 0.05) is 12.6 Å². The van der Waals surface area contributed by atoms with Gasteiger partial charge in [0.2, 0.25) is 0 Å². The molecule has 1 aromatic heterocycles. The highest BCUT2D eigenvalue weighted by Gasteiger charge is 2.46. The Labute approximate surface area is 224 Å². The quantitative estimate of drug-likeness (QED) is 0.395. The third kappa shape index (κ3) is 8.48. The molecular weight excluding hydrogens is 506 g/mol. The Kier molecular flexibility index (Phi) is 9.35. The highest BCUT2D eigenvalue weighted by molar-refractivity contribution is 6.74. The molecule has 1 aliphatic heterocycles. The van der Waals surface area contributed by atoms with E-state index in [9.17, 15) is 9.59 Å². The predicted octanol–water partition coefficient (Wildman–Crippen LogP) is 6.29. The van der Waals surface area contributed by atoms with E-state index in [2.05, 4.69) is 78.0 Å². The van der Waals surface area contributed by atoms with Gasteiger partial charge in [-0.05, 0) is 63.1 Å². The van der Waals surface area contributed by atoms with Crippen LogP contribution in [0.5, 0.6) is 0 Å². The fraction of sp³-hybridized carbons (Fsp3) is 0.808. The minimum Gasteiger partial charge on any atom is -0.444 e. The largest absolute Gasteiger partial charge is 0.444 e. The molecule has 9 nitrogen and oxygen atoms in total. The predicted molar refractivity (Wildman–Crippen MR) is 152 cm³/mol. The third-order valence-corrected chi connectivity index (χ3v) is 16.6. The van der Waals surface area contributed by atoms with Gasteiger partial charge in [-0.15, -0.1) is 0 Å². The van der Waals surface area contributed by atoms with E-state index in [1.165, 1.54) is 4.57 Å². The van der Waals surface area contributed by atoms with Gasteiger partial charge in [-0.1, -0.05) is 41.5 Å². The fourth-order valence-electron chi connectivity index (χ4n) is 3.32. The number of rotatable bonds is 7. The van der Waals surface area contributed by atoms with E-state index in [1.807, 2.05) is 0 Å². The van der Waals surface area contributed by atoms with Crippen molar-refractivity contribution in [2.75, 3.05) is 11.9 Å². The van der Waals surface area contributed by atoms with Crippen molar-refractivity contribution in [2.24, 2.45) is 0 Å². The molecule has 1 aliphatic rings. The van der Waals surface area contributed by atoms with E-state index >= 15 is 0 Å². The second-order valence-electron chi connectivity index (χ2n) is 14.0. The SMILES string of the molecule is CC(C)(C)OC(=O)Nc1ccn([C@H]2CC(O[Si](C)(C)C(C)(C)C)[C@@H](CO[Si](C)(C)C(C)(C)C)O2)c(=O)n1. The summed E-state index contributed by atoms with van der Waals surface area (Å²) in [6.07, 6.45) is 0.381. The molecule has 0 bridgehead atoms. The van der Waals surface area contributed by atoms with Gasteiger partial charge in [-0.25, -0.2) is 9.59 Å². The van der Waals surface area contributed by atoms with Crippen LogP contribution in [0, 0.1) is 0 Å². The maximum atomic E-state index is 12.9. The second kappa shape index (κ2) is 10.9. The Morgan fingerprint density at radius 3 is 2.11 bits per heavy atom. The molecule has 1 unspecified atom stereocenters. The first-order valence-corrected chi connectivity index (χ1v) is 18.9. The van der Waals surface area contributed by atoms with E-state index in [4.69, 9.17) is 18.3 Å². The molecule has 1 amide bonds. The zero-order valence-corrected chi connectivity index (χ0v) is 27.1. The van der Waals surface area contributed by atoms with E-state index in [1.54, 1.807) is 33.0 Å². The monoisotopic (exact) mass is 555 g/mol. The molecular formula is C26H49N3O6Si2. The Hall–Kier alpha value is -1.54. The van der Waals surface area contributed by atoms with Crippen molar-refractivity contribution in [1.82, 2.24) is 9.55 Å². The molecule has 0 spiro atoms. The van der Waals surface area contributed by atoms with Crippen molar-refractivity contribution in [3.05, 3.63) is 22.7 Å². The van der Waals surface area contributed by atoms with Crippen LogP contribution in [0.3, 0.4) is 0 Å². The second-order valence-corrected chi connectivity index (χ2v) is 23.5. The molecule has 1 N–H and O–H groups in total.